The molecule has 0 bridgehead atoms. The minimum atomic E-state index is 0.579. The lowest BCUT2D eigenvalue weighted by molar-refractivity contribution is 0.162. The van der Waals surface area contributed by atoms with Gasteiger partial charge in [-0.15, -0.1) is 0 Å². The molecule has 0 aromatic carbocycles. The van der Waals surface area contributed by atoms with Crippen molar-refractivity contribution < 1.29 is 0 Å². The summed E-state index contributed by atoms with van der Waals surface area (Å²) in [6.07, 6.45) is 14.1. The third kappa shape index (κ3) is 17.5. The van der Waals surface area contributed by atoms with Crippen molar-refractivity contribution in [2.24, 2.45) is 5.92 Å². The van der Waals surface area contributed by atoms with Crippen LogP contribution in [0.4, 0.5) is 5.82 Å². The Balaban J connectivity index is 0. The molecule has 3 heteroatoms. The van der Waals surface area contributed by atoms with Crippen molar-refractivity contribution in [3.63, 3.8) is 0 Å². The van der Waals surface area contributed by atoms with Crippen molar-refractivity contribution in [3.8, 4) is 0 Å². The number of aromatic nitrogens is 1. The summed E-state index contributed by atoms with van der Waals surface area (Å²) in [4.78, 5) is 6.65. The van der Waals surface area contributed by atoms with Gasteiger partial charge in [0, 0.05) is 12.2 Å². The van der Waals surface area contributed by atoms with Crippen LogP contribution >= 0.6 is 0 Å². The van der Waals surface area contributed by atoms with Gasteiger partial charge in [0.05, 0.1) is 0 Å². The molecule has 1 heterocycles. The summed E-state index contributed by atoms with van der Waals surface area (Å²) in [6.45, 7) is 20.3. The molecule has 172 valence electrons. The zero-order valence-electron chi connectivity index (χ0n) is 21.1. The Hall–Kier alpha value is -1.09. The lowest BCUT2D eigenvalue weighted by Crippen LogP contribution is -2.37. The van der Waals surface area contributed by atoms with Crippen LogP contribution in [0.15, 0.2) is 18.3 Å². The van der Waals surface area contributed by atoms with Crippen LogP contribution in [0.2, 0.25) is 0 Å². The van der Waals surface area contributed by atoms with Gasteiger partial charge in [0.15, 0.2) is 0 Å². The molecule has 1 aromatic heterocycles. The van der Waals surface area contributed by atoms with Gasteiger partial charge in [-0.3, -0.25) is 0 Å². The fraction of sp³-hybridized carbons (Fsp3) is 0.808. The van der Waals surface area contributed by atoms with E-state index in [0.717, 1.165) is 17.5 Å². The number of unbranched alkanes of at least 4 members (excludes halogenated alkanes) is 2. The second-order valence-electron chi connectivity index (χ2n) is 8.04. The van der Waals surface area contributed by atoms with Gasteiger partial charge in [0.2, 0.25) is 0 Å². The Labute approximate surface area is 183 Å². The molecule has 0 amide bonds. The van der Waals surface area contributed by atoms with Crippen LogP contribution in [0.5, 0.6) is 0 Å². The molecule has 2 N–H and O–H groups in total. The molecule has 0 spiro atoms. The molecular weight excluding hydrogens is 354 g/mol. The molecule has 29 heavy (non-hydrogen) atoms. The summed E-state index contributed by atoms with van der Waals surface area (Å²) in [5.41, 5.74) is 6.45. The molecule has 0 radical (unpaired) electrons. The summed E-state index contributed by atoms with van der Waals surface area (Å²) < 4.78 is 0. The highest BCUT2D eigenvalue weighted by molar-refractivity contribution is 5.28. The van der Waals surface area contributed by atoms with Crippen LogP contribution in [0.25, 0.3) is 0 Å². The summed E-state index contributed by atoms with van der Waals surface area (Å²) >= 11 is 0. The highest BCUT2D eigenvalue weighted by Crippen LogP contribution is 2.18. The van der Waals surface area contributed by atoms with Crippen LogP contribution in [0.1, 0.15) is 112 Å². The summed E-state index contributed by atoms with van der Waals surface area (Å²) in [6, 6.07) is 4.57. The summed E-state index contributed by atoms with van der Waals surface area (Å²) in [5, 5.41) is 0. The molecule has 3 nitrogen and oxygen atoms in total. The predicted molar refractivity (Wildman–Crippen MR) is 134 cm³/mol. The molecule has 0 aliphatic heterocycles. The lowest BCUT2D eigenvalue weighted by atomic mass is 9.99. The molecule has 2 atom stereocenters. The molecule has 0 saturated heterocycles. The Bertz CT molecular complexity index is 409. The monoisotopic (exact) mass is 407 g/mol. The quantitative estimate of drug-likeness (QED) is 0.338. The fourth-order valence-corrected chi connectivity index (χ4v) is 3.31. The smallest absolute Gasteiger partial charge is 0.123 e. The second kappa shape index (κ2) is 21.6. The maximum absolute atomic E-state index is 5.32. The zero-order valence-corrected chi connectivity index (χ0v) is 21.1. The van der Waals surface area contributed by atoms with E-state index in [2.05, 4.69) is 44.5 Å². The van der Waals surface area contributed by atoms with Gasteiger partial charge in [-0.2, -0.15) is 0 Å². The van der Waals surface area contributed by atoms with E-state index in [9.17, 15) is 0 Å². The minimum Gasteiger partial charge on any atom is -0.384 e. The second-order valence-corrected chi connectivity index (χ2v) is 8.04. The van der Waals surface area contributed by atoms with Crippen LogP contribution in [0.3, 0.4) is 0 Å². The Kier molecular flexibility index (Phi) is 22.4. The van der Waals surface area contributed by atoms with Gasteiger partial charge in [-0.1, -0.05) is 86.6 Å². The van der Waals surface area contributed by atoms with E-state index in [1.54, 1.807) is 12.3 Å². The average Bonchev–Trinajstić information content (AvgIpc) is 2.74. The van der Waals surface area contributed by atoms with Crippen molar-refractivity contribution in [1.82, 2.24) is 9.88 Å². The van der Waals surface area contributed by atoms with E-state index in [1.165, 1.54) is 70.9 Å². The number of pyridine rings is 1. The number of nitrogens with two attached hydrogens (primary N) is 1. The Morgan fingerprint density at radius 2 is 1.59 bits per heavy atom. The highest BCUT2D eigenvalue weighted by atomic mass is 15.1. The van der Waals surface area contributed by atoms with Gasteiger partial charge in [-0.25, -0.2) is 4.98 Å². The SMILES string of the molecule is CC.CCCCCC(CCC)N(CCC)CCC(C)CC.Cc1ccc(N)nc1. The molecule has 0 aliphatic carbocycles. The number of hydrogen-bond donors (Lipinski definition) is 1. The fourth-order valence-electron chi connectivity index (χ4n) is 3.31. The predicted octanol–water partition coefficient (Wildman–Crippen LogP) is 7.88. The van der Waals surface area contributed by atoms with E-state index >= 15 is 0 Å². The van der Waals surface area contributed by atoms with Gasteiger partial charge < -0.3 is 10.6 Å². The van der Waals surface area contributed by atoms with Crippen LogP contribution in [0, 0.1) is 12.8 Å². The van der Waals surface area contributed by atoms with Crippen molar-refractivity contribution in [2.45, 2.75) is 119 Å². The summed E-state index contributed by atoms with van der Waals surface area (Å²) in [7, 11) is 0. The van der Waals surface area contributed by atoms with Crippen molar-refractivity contribution in [1.29, 1.82) is 0 Å². The van der Waals surface area contributed by atoms with Gasteiger partial charge in [-0.05, 0) is 63.2 Å². The molecule has 1 aromatic rings. The third-order valence-electron chi connectivity index (χ3n) is 5.33. The van der Waals surface area contributed by atoms with Crippen LogP contribution < -0.4 is 5.73 Å². The number of nitrogen functional groups attached to an aromatic ring is 1. The molecule has 0 saturated carbocycles. The van der Waals surface area contributed by atoms with E-state index in [-0.39, 0.29) is 0 Å². The number of nitrogens with zero attached hydrogens (tertiary/aromatic N) is 2. The van der Waals surface area contributed by atoms with Crippen LogP contribution in [-0.4, -0.2) is 29.0 Å². The van der Waals surface area contributed by atoms with E-state index in [4.69, 9.17) is 5.73 Å². The van der Waals surface area contributed by atoms with Crippen LogP contribution in [-0.2, 0) is 0 Å². The maximum Gasteiger partial charge on any atom is 0.123 e. The Morgan fingerprint density at radius 1 is 0.897 bits per heavy atom. The first-order chi connectivity index (χ1) is 14.0. The first kappa shape index (κ1) is 30.1. The van der Waals surface area contributed by atoms with Crippen molar-refractivity contribution >= 4 is 5.82 Å². The standard InChI is InChI=1S/C18H39N.C6H8N2.C2H6/c1-6-10-11-13-18(12-7-2)19(15-8-3)16-14-17(5)9-4;1-5-2-3-6(7)8-4-5;1-2/h17-18H,6-16H2,1-5H3;2-4H,1H3,(H2,7,8);1-2H3. The van der Waals surface area contributed by atoms with Gasteiger partial charge >= 0.3 is 0 Å². The molecule has 0 fully saturated rings. The van der Waals surface area contributed by atoms with E-state index in [0.29, 0.717) is 5.82 Å². The van der Waals surface area contributed by atoms with Crippen molar-refractivity contribution in [2.75, 3.05) is 18.8 Å². The zero-order chi connectivity index (χ0) is 22.5. The highest BCUT2D eigenvalue weighted by Gasteiger charge is 2.17. The number of rotatable bonds is 13. The van der Waals surface area contributed by atoms with Gasteiger partial charge in [0.25, 0.3) is 0 Å². The largest absolute Gasteiger partial charge is 0.384 e. The number of aryl methyl sites for hydroxylation is 1. The molecular formula is C26H53N3. The first-order valence-electron chi connectivity index (χ1n) is 12.4. The Morgan fingerprint density at radius 3 is 2.03 bits per heavy atom. The number of anilines is 1. The van der Waals surface area contributed by atoms with E-state index < -0.39 is 0 Å². The lowest BCUT2D eigenvalue weighted by Gasteiger charge is -2.32. The number of hydrogen-bond acceptors (Lipinski definition) is 3. The molecule has 1 rings (SSSR count). The topological polar surface area (TPSA) is 42.1 Å². The normalized spacial score (nSPS) is 12.4. The minimum absolute atomic E-state index is 0.579. The maximum atomic E-state index is 5.32. The first-order valence-corrected chi connectivity index (χ1v) is 12.4. The summed E-state index contributed by atoms with van der Waals surface area (Å²) in [5.74, 6) is 1.47. The van der Waals surface area contributed by atoms with Gasteiger partial charge in [0.1, 0.15) is 5.82 Å². The average molecular weight is 408 g/mol. The van der Waals surface area contributed by atoms with Crippen molar-refractivity contribution in [3.05, 3.63) is 23.9 Å². The molecule has 2 unspecified atom stereocenters. The third-order valence-corrected chi connectivity index (χ3v) is 5.33. The van der Waals surface area contributed by atoms with E-state index in [1.807, 2.05) is 26.8 Å². The molecule has 0 aliphatic rings.